The van der Waals surface area contributed by atoms with Crippen LogP contribution in [0.2, 0.25) is 0 Å². The van der Waals surface area contributed by atoms with Crippen LogP contribution < -0.4 is 5.32 Å². The van der Waals surface area contributed by atoms with Crippen molar-refractivity contribution in [1.29, 1.82) is 0 Å². The van der Waals surface area contributed by atoms with E-state index in [1.807, 2.05) is 42.3 Å². The molecule has 0 atom stereocenters. The fourth-order valence-electron chi connectivity index (χ4n) is 2.08. The van der Waals surface area contributed by atoms with Gasteiger partial charge in [0.2, 0.25) is 0 Å². The van der Waals surface area contributed by atoms with Crippen LogP contribution >= 0.6 is 0 Å². The minimum atomic E-state index is 0.750. The van der Waals surface area contributed by atoms with E-state index in [9.17, 15) is 0 Å². The topological polar surface area (TPSA) is 71.7 Å². The van der Waals surface area contributed by atoms with Crippen molar-refractivity contribution in [3.63, 3.8) is 0 Å². The summed E-state index contributed by atoms with van der Waals surface area (Å²) in [5, 5.41) is 10.5. The van der Waals surface area contributed by atoms with Gasteiger partial charge in [-0.1, -0.05) is 0 Å². The standard InChI is InChI=1S/C14H17N5O/c1-11-2-3-13(20-11)14-12(9-17-18-14)8-15-4-6-19-7-5-16-10-19/h2-3,5,7,9-10,15H,4,6,8H2,1H3,(H,17,18). The Bertz CT molecular complexity index is 653. The average molecular weight is 271 g/mol. The van der Waals surface area contributed by atoms with E-state index < -0.39 is 0 Å². The Morgan fingerprint density at radius 2 is 2.35 bits per heavy atom. The van der Waals surface area contributed by atoms with Gasteiger partial charge in [-0.15, -0.1) is 0 Å². The van der Waals surface area contributed by atoms with Crippen LogP contribution in [0, 0.1) is 6.92 Å². The zero-order valence-corrected chi connectivity index (χ0v) is 11.3. The van der Waals surface area contributed by atoms with Gasteiger partial charge in [0.1, 0.15) is 11.5 Å². The highest BCUT2D eigenvalue weighted by Gasteiger charge is 2.10. The highest BCUT2D eigenvalue weighted by Crippen LogP contribution is 2.23. The summed E-state index contributed by atoms with van der Waals surface area (Å²) in [4.78, 5) is 4.01. The largest absolute Gasteiger partial charge is 0.460 e. The normalized spacial score (nSPS) is 11.1. The summed E-state index contributed by atoms with van der Waals surface area (Å²) in [6.45, 7) is 4.45. The van der Waals surface area contributed by atoms with Gasteiger partial charge >= 0.3 is 0 Å². The molecule has 3 aromatic rings. The quantitative estimate of drug-likeness (QED) is 0.672. The van der Waals surface area contributed by atoms with Crippen LogP contribution in [0.4, 0.5) is 0 Å². The van der Waals surface area contributed by atoms with Gasteiger partial charge in [0.05, 0.1) is 12.5 Å². The van der Waals surface area contributed by atoms with Gasteiger partial charge in [0.25, 0.3) is 0 Å². The van der Waals surface area contributed by atoms with Crippen molar-refractivity contribution >= 4 is 0 Å². The minimum Gasteiger partial charge on any atom is -0.460 e. The number of furan rings is 1. The second-order valence-corrected chi connectivity index (χ2v) is 4.66. The molecule has 104 valence electrons. The number of aryl methyl sites for hydroxylation is 1. The predicted molar refractivity (Wildman–Crippen MR) is 75.0 cm³/mol. The second-order valence-electron chi connectivity index (χ2n) is 4.66. The molecule has 0 aromatic carbocycles. The zero-order chi connectivity index (χ0) is 13.8. The van der Waals surface area contributed by atoms with Crippen molar-refractivity contribution in [2.24, 2.45) is 0 Å². The molecule has 0 aliphatic rings. The third-order valence-corrected chi connectivity index (χ3v) is 3.13. The Kier molecular flexibility index (Phi) is 3.64. The molecule has 0 unspecified atom stereocenters. The van der Waals surface area contributed by atoms with Crippen LogP contribution in [-0.4, -0.2) is 26.3 Å². The third-order valence-electron chi connectivity index (χ3n) is 3.13. The number of H-pyrrole nitrogens is 1. The molecule has 3 rings (SSSR count). The average Bonchev–Trinajstić information content (AvgIpc) is 3.16. The molecular weight excluding hydrogens is 254 g/mol. The number of hydrogen-bond acceptors (Lipinski definition) is 4. The number of nitrogens with one attached hydrogen (secondary N) is 2. The fraction of sp³-hybridized carbons (Fsp3) is 0.286. The molecule has 0 saturated heterocycles. The first-order valence-corrected chi connectivity index (χ1v) is 6.58. The molecule has 20 heavy (non-hydrogen) atoms. The lowest BCUT2D eigenvalue weighted by Crippen LogP contribution is -2.19. The van der Waals surface area contributed by atoms with Crippen LogP contribution in [0.25, 0.3) is 11.5 Å². The van der Waals surface area contributed by atoms with E-state index in [0.29, 0.717) is 0 Å². The Hall–Kier alpha value is -2.34. The number of rotatable bonds is 6. The van der Waals surface area contributed by atoms with E-state index in [0.717, 1.165) is 42.4 Å². The molecule has 0 aliphatic carbocycles. The number of hydrogen-bond donors (Lipinski definition) is 2. The molecule has 0 saturated carbocycles. The Morgan fingerprint density at radius 3 is 3.10 bits per heavy atom. The summed E-state index contributed by atoms with van der Waals surface area (Å²) in [7, 11) is 0. The molecule has 3 heterocycles. The van der Waals surface area contributed by atoms with E-state index in [1.54, 1.807) is 6.20 Å². The van der Waals surface area contributed by atoms with Gasteiger partial charge in [-0.05, 0) is 19.1 Å². The van der Waals surface area contributed by atoms with Gasteiger partial charge in [-0.2, -0.15) is 5.10 Å². The van der Waals surface area contributed by atoms with Gasteiger partial charge in [0, 0.05) is 37.6 Å². The number of aromatic amines is 1. The van der Waals surface area contributed by atoms with Crippen LogP contribution in [0.3, 0.4) is 0 Å². The molecule has 0 bridgehead atoms. The molecule has 2 N–H and O–H groups in total. The number of imidazole rings is 1. The van der Waals surface area contributed by atoms with Gasteiger partial charge < -0.3 is 14.3 Å². The Morgan fingerprint density at radius 1 is 1.40 bits per heavy atom. The smallest absolute Gasteiger partial charge is 0.152 e. The molecule has 0 amide bonds. The van der Waals surface area contributed by atoms with Crippen LogP contribution in [-0.2, 0) is 13.1 Å². The molecule has 6 nitrogen and oxygen atoms in total. The number of aromatic nitrogens is 4. The van der Waals surface area contributed by atoms with Gasteiger partial charge in [-0.3, -0.25) is 5.10 Å². The minimum absolute atomic E-state index is 0.750. The highest BCUT2D eigenvalue weighted by atomic mass is 16.3. The summed E-state index contributed by atoms with van der Waals surface area (Å²) < 4.78 is 7.66. The van der Waals surface area contributed by atoms with Crippen molar-refractivity contribution in [2.75, 3.05) is 6.54 Å². The van der Waals surface area contributed by atoms with Crippen molar-refractivity contribution in [3.8, 4) is 11.5 Å². The van der Waals surface area contributed by atoms with Gasteiger partial charge in [-0.25, -0.2) is 4.98 Å². The zero-order valence-electron chi connectivity index (χ0n) is 11.3. The van der Waals surface area contributed by atoms with Crippen LogP contribution in [0.15, 0.2) is 41.5 Å². The van der Waals surface area contributed by atoms with Crippen LogP contribution in [0.5, 0.6) is 0 Å². The summed E-state index contributed by atoms with van der Waals surface area (Å²) >= 11 is 0. The highest BCUT2D eigenvalue weighted by molar-refractivity contribution is 5.56. The summed E-state index contributed by atoms with van der Waals surface area (Å²) in [6, 6.07) is 3.91. The van der Waals surface area contributed by atoms with E-state index in [-0.39, 0.29) is 0 Å². The predicted octanol–water partition coefficient (Wildman–Crippen LogP) is 1.96. The van der Waals surface area contributed by atoms with E-state index in [2.05, 4.69) is 20.5 Å². The molecular formula is C14H17N5O. The molecule has 0 spiro atoms. The maximum Gasteiger partial charge on any atom is 0.152 e. The first kappa shape index (κ1) is 12.7. The first-order valence-electron chi connectivity index (χ1n) is 6.58. The maximum absolute atomic E-state index is 5.62. The van der Waals surface area contributed by atoms with Gasteiger partial charge in [0.15, 0.2) is 5.76 Å². The first-order chi connectivity index (χ1) is 9.83. The Labute approximate surface area is 116 Å². The summed E-state index contributed by atoms with van der Waals surface area (Å²) in [5.74, 6) is 1.72. The Balaban J connectivity index is 1.57. The van der Waals surface area contributed by atoms with E-state index in [4.69, 9.17) is 4.42 Å². The van der Waals surface area contributed by atoms with E-state index in [1.165, 1.54) is 0 Å². The third kappa shape index (κ3) is 2.80. The molecule has 0 fully saturated rings. The van der Waals surface area contributed by atoms with Crippen molar-refractivity contribution in [2.45, 2.75) is 20.0 Å². The van der Waals surface area contributed by atoms with Crippen molar-refractivity contribution < 1.29 is 4.42 Å². The number of nitrogens with zero attached hydrogens (tertiary/aromatic N) is 3. The second kappa shape index (κ2) is 5.75. The summed E-state index contributed by atoms with van der Waals surface area (Å²) in [6.07, 6.45) is 7.39. The van der Waals surface area contributed by atoms with Crippen LogP contribution in [0.1, 0.15) is 11.3 Å². The molecule has 0 aliphatic heterocycles. The summed E-state index contributed by atoms with van der Waals surface area (Å²) in [5.41, 5.74) is 2.04. The molecule has 6 heteroatoms. The lowest BCUT2D eigenvalue weighted by molar-refractivity contribution is 0.544. The lowest BCUT2D eigenvalue weighted by atomic mass is 10.2. The van der Waals surface area contributed by atoms with E-state index >= 15 is 0 Å². The monoisotopic (exact) mass is 271 g/mol. The lowest BCUT2D eigenvalue weighted by Gasteiger charge is -2.05. The molecule has 3 aromatic heterocycles. The SMILES string of the molecule is Cc1ccc(-c2[nH]ncc2CNCCn2ccnc2)o1. The maximum atomic E-state index is 5.62. The fourth-order valence-corrected chi connectivity index (χ4v) is 2.08. The van der Waals surface area contributed by atoms with Crippen molar-refractivity contribution in [3.05, 3.63) is 48.4 Å². The molecule has 0 radical (unpaired) electrons. The van der Waals surface area contributed by atoms with Crippen molar-refractivity contribution in [1.82, 2.24) is 25.1 Å².